The SMILES string of the molecule is COC(=O)COc1ccc(NC(=O)COc2ccc(C)cc2)c(C)c1. The van der Waals surface area contributed by atoms with Crippen molar-refractivity contribution in [3.05, 3.63) is 53.6 Å². The maximum atomic E-state index is 12.0. The zero-order valence-corrected chi connectivity index (χ0v) is 14.5. The van der Waals surface area contributed by atoms with Gasteiger partial charge in [0.15, 0.2) is 13.2 Å². The summed E-state index contributed by atoms with van der Waals surface area (Å²) in [4.78, 5) is 23.1. The molecule has 0 heterocycles. The van der Waals surface area contributed by atoms with E-state index in [4.69, 9.17) is 9.47 Å². The second-order valence-electron chi connectivity index (χ2n) is 5.49. The summed E-state index contributed by atoms with van der Waals surface area (Å²) < 4.78 is 15.3. The third-order valence-electron chi connectivity index (χ3n) is 3.45. The molecule has 0 radical (unpaired) electrons. The number of anilines is 1. The Morgan fingerprint density at radius 2 is 1.56 bits per heavy atom. The summed E-state index contributed by atoms with van der Waals surface area (Å²) in [7, 11) is 1.30. The van der Waals surface area contributed by atoms with Gasteiger partial charge in [-0.2, -0.15) is 0 Å². The molecule has 0 fully saturated rings. The number of carbonyl (C=O) groups is 2. The monoisotopic (exact) mass is 343 g/mol. The number of hydrogen-bond acceptors (Lipinski definition) is 5. The molecule has 2 aromatic rings. The van der Waals surface area contributed by atoms with Crippen LogP contribution in [-0.4, -0.2) is 32.2 Å². The Morgan fingerprint density at radius 3 is 2.20 bits per heavy atom. The number of hydrogen-bond donors (Lipinski definition) is 1. The van der Waals surface area contributed by atoms with E-state index in [0.29, 0.717) is 17.2 Å². The molecule has 1 N–H and O–H groups in total. The molecule has 0 saturated carbocycles. The van der Waals surface area contributed by atoms with Crippen LogP contribution in [0, 0.1) is 13.8 Å². The average molecular weight is 343 g/mol. The van der Waals surface area contributed by atoms with Crippen molar-refractivity contribution in [1.29, 1.82) is 0 Å². The maximum absolute atomic E-state index is 12.0. The van der Waals surface area contributed by atoms with Gasteiger partial charge in [-0.1, -0.05) is 17.7 Å². The van der Waals surface area contributed by atoms with E-state index >= 15 is 0 Å². The zero-order valence-electron chi connectivity index (χ0n) is 14.5. The molecule has 6 heteroatoms. The highest BCUT2D eigenvalue weighted by Gasteiger charge is 2.08. The Bertz CT molecular complexity index is 740. The molecule has 0 aliphatic rings. The summed E-state index contributed by atoms with van der Waals surface area (Å²) in [6, 6.07) is 12.6. The number of esters is 1. The predicted molar refractivity (Wildman–Crippen MR) is 94.0 cm³/mol. The van der Waals surface area contributed by atoms with Crippen LogP contribution in [0.2, 0.25) is 0 Å². The van der Waals surface area contributed by atoms with Gasteiger partial charge in [0.2, 0.25) is 0 Å². The molecule has 0 aromatic heterocycles. The number of ether oxygens (including phenoxy) is 3. The van der Waals surface area contributed by atoms with Crippen molar-refractivity contribution in [2.24, 2.45) is 0 Å². The van der Waals surface area contributed by atoms with Crippen LogP contribution in [0.1, 0.15) is 11.1 Å². The van der Waals surface area contributed by atoms with Gasteiger partial charge in [0.05, 0.1) is 7.11 Å². The fourth-order valence-electron chi connectivity index (χ4n) is 2.04. The van der Waals surface area contributed by atoms with E-state index in [9.17, 15) is 9.59 Å². The molecular weight excluding hydrogens is 322 g/mol. The number of rotatable bonds is 7. The molecule has 0 aliphatic carbocycles. The molecule has 1 amide bonds. The first-order valence-electron chi connectivity index (χ1n) is 7.77. The summed E-state index contributed by atoms with van der Waals surface area (Å²) in [5.74, 6) is 0.455. The second-order valence-corrected chi connectivity index (χ2v) is 5.49. The van der Waals surface area contributed by atoms with E-state index in [1.165, 1.54) is 7.11 Å². The lowest BCUT2D eigenvalue weighted by Gasteiger charge is -2.11. The lowest BCUT2D eigenvalue weighted by Crippen LogP contribution is -2.20. The summed E-state index contributed by atoms with van der Waals surface area (Å²) in [5, 5.41) is 2.78. The smallest absolute Gasteiger partial charge is 0.343 e. The van der Waals surface area contributed by atoms with Crippen LogP contribution in [0.25, 0.3) is 0 Å². The van der Waals surface area contributed by atoms with Gasteiger partial charge in [-0.25, -0.2) is 4.79 Å². The second kappa shape index (κ2) is 8.73. The van der Waals surface area contributed by atoms with E-state index in [-0.39, 0.29) is 19.1 Å². The molecular formula is C19H21NO5. The van der Waals surface area contributed by atoms with Gasteiger partial charge in [0.25, 0.3) is 5.91 Å². The van der Waals surface area contributed by atoms with Gasteiger partial charge in [-0.15, -0.1) is 0 Å². The quantitative estimate of drug-likeness (QED) is 0.783. The van der Waals surface area contributed by atoms with Crippen LogP contribution < -0.4 is 14.8 Å². The topological polar surface area (TPSA) is 73.9 Å². The van der Waals surface area contributed by atoms with Crippen LogP contribution in [-0.2, 0) is 14.3 Å². The molecule has 0 bridgehead atoms. The minimum absolute atomic E-state index is 0.0803. The molecule has 132 valence electrons. The van der Waals surface area contributed by atoms with Crippen LogP contribution in [0.4, 0.5) is 5.69 Å². The van der Waals surface area contributed by atoms with Gasteiger partial charge < -0.3 is 19.5 Å². The Labute approximate surface area is 146 Å². The molecule has 25 heavy (non-hydrogen) atoms. The lowest BCUT2D eigenvalue weighted by atomic mass is 10.2. The molecule has 0 atom stereocenters. The van der Waals surface area contributed by atoms with Crippen molar-refractivity contribution in [1.82, 2.24) is 0 Å². The average Bonchev–Trinajstić information content (AvgIpc) is 2.61. The Hall–Kier alpha value is -3.02. The van der Waals surface area contributed by atoms with Gasteiger partial charge >= 0.3 is 5.97 Å². The Balaban J connectivity index is 1.87. The minimum Gasteiger partial charge on any atom is -0.484 e. The number of benzene rings is 2. The van der Waals surface area contributed by atoms with Crippen molar-refractivity contribution >= 4 is 17.6 Å². The third-order valence-corrected chi connectivity index (χ3v) is 3.45. The number of methoxy groups -OCH3 is 1. The van der Waals surface area contributed by atoms with Crippen LogP contribution in [0.5, 0.6) is 11.5 Å². The Kier molecular flexibility index (Phi) is 6.39. The molecule has 0 unspecified atom stereocenters. The molecule has 6 nitrogen and oxygen atoms in total. The highest BCUT2D eigenvalue weighted by Crippen LogP contribution is 2.21. The molecule has 0 spiro atoms. The first-order chi connectivity index (χ1) is 12.0. The van der Waals surface area contributed by atoms with E-state index < -0.39 is 5.97 Å². The van der Waals surface area contributed by atoms with Crippen LogP contribution >= 0.6 is 0 Å². The lowest BCUT2D eigenvalue weighted by molar-refractivity contribution is -0.142. The predicted octanol–water partition coefficient (Wildman–Crippen LogP) is 2.87. The highest BCUT2D eigenvalue weighted by atomic mass is 16.6. The van der Waals surface area contributed by atoms with Crippen LogP contribution in [0.3, 0.4) is 0 Å². The maximum Gasteiger partial charge on any atom is 0.343 e. The largest absolute Gasteiger partial charge is 0.484 e. The van der Waals surface area contributed by atoms with Crippen LogP contribution in [0.15, 0.2) is 42.5 Å². The standard InChI is InChI=1S/C19H21NO5/c1-13-4-6-15(7-5-13)24-11-18(21)20-17-9-8-16(10-14(17)2)25-12-19(22)23-3/h4-10H,11-12H2,1-3H3,(H,20,21). The summed E-state index contributed by atoms with van der Waals surface area (Å²) in [6.45, 7) is 3.58. The Morgan fingerprint density at radius 1 is 0.920 bits per heavy atom. The summed E-state index contributed by atoms with van der Waals surface area (Å²) >= 11 is 0. The van der Waals surface area contributed by atoms with E-state index in [1.807, 2.05) is 38.1 Å². The highest BCUT2D eigenvalue weighted by molar-refractivity contribution is 5.92. The van der Waals surface area contributed by atoms with Crippen molar-refractivity contribution in [2.75, 3.05) is 25.6 Å². The summed E-state index contributed by atoms with van der Waals surface area (Å²) in [6.07, 6.45) is 0. The van der Waals surface area contributed by atoms with Gasteiger partial charge in [0.1, 0.15) is 11.5 Å². The van der Waals surface area contributed by atoms with Gasteiger partial charge in [-0.05, 0) is 49.7 Å². The number of aryl methyl sites for hydroxylation is 2. The fourth-order valence-corrected chi connectivity index (χ4v) is 2.04. The molecule has 2 rings (SSSR count). The number of amides is 1. The van der Waals surface area contributed by atoms with E-state index in [2.05, 4.69) is 10.1 Å². The van der Waals surface area contributed by atoms with Crippen molar-refractivity contribution in [2.45, 2.75) is 13.8 Å². The van der Waals surface area contributed by atoms with Crippen molar-refractivity contribution in [3.63, 3.8) is 0 Å². The summed E-state index contributed by atoms with van der Waals surface area (Å²) in [5.41, 5.74) is 2.59. The van der Waals surface area contributed by atoms with Crippen molar-refractivity contribution in [3.8, 4) is 11.5 Å². The van der Waals surface area contributed by atoms with E-state index in [0.717, 1.165) is 11.1 Å². The first kappa shape index (κ1) is 18.3. The zero-order chi connectivity index (χ0) is 18.2. The molecule has 2 aromatic carbocycles. The number of nitrogens with one attached hydrogen (secondary N) is 1. The third kappa shape index (κ3) is 5.84. The number of carbonyl (C=O) groups excluding carboxylic acids is 2. The minimum atomic E-state index is -0.455. The van der Waals surface area contributed by atoms with E-state index in [1.54, 1.807) is 18.2 Å². The molecule has 0 aliphatic heterocycles. The first-order valence-corrected chi connectivity index (χ1v) is 7.77. The normalized spacial score (nSPS) is 10.0. The van der Waals surface area contributed by atoms with Crippen molar-refractivity contribution < 1.29 is 23.8 Å². The fraction of sp³-hybridized carbons (Fsp3) is 0.263. The van der Waals surface area contributed by atoms with Gasteiger partial charge in [-0.3, -0.25) is 4.79 Å². The van der Waals surface area contributed by atoms with Gasteiger partial charge in [0, 0.05) is 5.69 Å². The molecule has 0 saturated heterocycles.